The molecule has 0 saturated carbocycles. The minimum absolute atomic E-state index is 0.0567. The lowest BCUT2D eigenvalue weighted by molar-refractivity contribution is 0.143. The zero-order valence-electron chi connectivity index (χ0n) is 17.3. The molecule has 0 unspecified atom stereocenters. The minimum atomic E-state index is -0.415. The smallest absolute Gasteiger partial charge is 0.407 e. The van der Waals surface area contributed by atoms with Gasteiger partial charge in [-0.05, 0) is 40.3 Å². The fourth-order valence-corrected chi connectivity index (χ4v) is 4.39. The van der Waals surface area contributed by atoms with Crippen LogP contribution >= 0.6 is 11.6 Å². The molecule has 5 nitrogen and oxygen atoms in total. The van der Waals surface area contributed by atoms with Crippen molar-refractivity contribution >= 4 is 23.8 Å². The molecule has 6 heteroatoms. The summed E-state index contributed by atoms with van der Waals surface area (Å²) in [7, 11) is 0. The predicted octanol–water partition coefficient (Wildman–Crippen LogP) is 6.01. The Labute approximate surface area is 191 Å². The van der Waals surface area contributed by atoms with Gasteiger partial charge >= 0.3 is 6.09 Å². The number of halogens is 1. The van der Waals surface area contributed by atoms with Crippen LogP contribution in [-0.4, -0.2) is 26.0 Å². The Balaban J connectivity index is 1.12. The van der Waals surface area contributed by atoms with Gasteiger partial charge in [0, 0.05) is 18.5 Å². The van der Waals surface area contributed by atoms with Crippen molar-refractivity contribution in [2.24, 2.45) is 0 Å². The summed E-state index contributed by atoms with van der Waals surface area (Å²) in [4.78, 5) is 12.2. The maximum Gasteiger partial charge on any atom is 0.407 e. The highest BCUT2D eigenvalue weighted by Gasteiger charge is 2.28. The lowest BCUT2D eigenvalue weighted by atomic mass is 9.98. The van der Waals surface area contributed by atoms with Crippen LogP contribution in [0.1, 0.15) is 29.0 Å². The molecule has 1 N–H and O–H groups in total. The molecule has 3 aromatic carbocycles. The Morgan fingerprint density at radius 2 is 1.69 bits per heavy atom. The summed E-state index contributed by atoms with van der Waals surface area (Å²) in [6.45, 7) is 0.987. The molecular weight excluding hydrogens is 426 g/mol. The molecule has 0 atom stereocenters. The van der Waals surface area contributed by atoms with Crippen LogP contribution in [0.5, 0.6) is 11.5 Å². The monoisotopic (exact) mass is 447 g/mol. The van der Waals surface area contributed by atoms with E-state index in [1.807, 2.05) is 42.5 Å². The van der Waals surface area contributed by atoms with Gasteiger partial charge < -0.3 is 19.5 Å². The van der Waals surface area contributed by atoms with E-state index in [4.69, 9.17) is 25.8 Å². The first kappa shape index (κ1) is 20.5. The molecule has 1 heterocycles. The fraction of sp³-hybridized carbons (Fsp3) is 0.192. The van der Waals surface area contributed by atoms with Gasteiger partial charge in [0.25, 0.3) is 0 Å². The molecule has 1 aliphatic heterocycles. The van der Waals surface area contributed by atoms with Gasteiger partial charge in [-0.3, -0.25) is 0 Å². The Morgan fingerprint density at radius 3 is 2.41 bits per heavy atom. The van der Waals surface area contributed by atoms with E-state index >= 15 is 0 Å². The van der Waals surface area contributed by atoms with Gasteiger partial charge in [-0.15, -0.1) is 0 Å². The van der Waals surface area contributed by atoms with Crippen LogP contribution in [0.15, 0.2) is 66.7 Å². The van der Waals surface area contributed by atoms with E-state index < -0.39 is 6.09 Å². The number of hydrogen-bond acceptors (Lipinski definition) is 4. The molecule has 32 heavy (non-hydrogen) atoms. The number of benzene rings is 3. The molecule has 0 saturated heterocycles. The summed E-state index contributed by atoms with van der Waals surface area (Å²) in [5.41, 5.74) is 5.67. The third kappa shape index (κ3) is 4.04. The lowest BCUT2D eigenvalue weighted by Crippen LogP contribution is -2.26. The summed E-state index contributed by atoms with van der Waals surface area (Å²) in [6, 6.07) is 20.2. The maximum absolute atomic E-state index is 12.2. The normalized spacial score (nSPS) is 13.8. The molecule has 0 bridgehead atoms. The molecule has 0 aromatic heterocycles. The van der Waals surface area contributed by atoms with Gasteiger partial charge in [0.05, 0.1) is 5.02 Å². The number of hydrogen-bond donors (Lipinski definition) is 1. The van der Waals surface area contributed by atoms with Crippen LogP contribution in [0.25, 0.3) is 17.2 Å². The molecular formula is C26H22ClNO4. The molecule has 1 aliphatic carbocycles. The van der Waals surface area contributed by atoms with Crippen molar-refractivity contribution in [3.8, 4) is 22.6 Å². The molecule has 0 spiro atoms. The van der Waals surface area contributed by atoms with Crippen LogP contribution in [0.3, 0.4) is 0 Å². The quantitative estimate of drug-likeness (QED) is 0.470. The predicted molar refractivity (Wildman–Crippen MR) is 124 cm³/mol. The molecule has 3 aromatic rings. The van der Waals surface area contributed by atoms with Crippen LogP contribution in [0.2, 0.25) is 5.02 Å². The van der Waals surface area contributed by atoms with Gasteiger partial charge in [-0.2, -0.15) is 0 Å². The highest BCUT2D eigenvalue weighted by Crippen LogP contribution is 2.44. The highest BCUT2D eigenvalue weighted by atomic mass is 35.5. The van der Waals surface area contributed by atoms with Crippen LogP contribution < -0.4 is 14.8 Å². The SMILES string of the molecule is O=C(NCCC=Cc1cc2c(cc1Cl)OCO2)OCC1c2ccccc2-c2ccccc21. The van der Waals surface area contributed by atoms with E-state index in [2.05, 4.69) is 29.6 Å². The number of alkyl carbamates (subject to hydrolysis) is 1. The summed E-state index contributed by atoms with van der Waals surface area (Å²) in [5, 5.41) is 3.40. The molecule has 162 valence electrons. The van der Waals surface area contributed by atoms with Crippen LogP contribution in [0, 0.1) is 0 Å². The molecule has 2 aliphatic rings. The van der Waals surface area contributed by atoms with Crippen LogP contribution in [0.4, 0.5) is 4.79 Å². The van der Waals surface area contributed by atoms with E-state index in [0.717, 1.165) is 5.56 Å². The largest absolute Gasteiger partial charge is 0.454 e. The standard InChI is InChI=1S/C26H22ClNO4/c27-23-14-25-24(31-16-32-25)13-17(23)7-5-6-12-28-26(29)30-15-22-20-10-3-1-8-18(20)19-9-2-4-11-21(19)22/h1-5,7-11,13-14,22H,6,12,15-16H2,(H,28,29). The van der Waals surface area contributed by atoms with Gasteiger partial charge in [0.2, 0.25) is 6.79 Å². The topological polar surface area (TPSA) is 56.8 Å². The van der Waals surface area contributed by atoms with Crippen molar-refractivity contribution in [1.82, 2.24) is 5.32 Å². The lowest BCUT2D eigenvalue weighted by Gasteiger charge is -2.14. The second-order valence-corrected chi connectivity index (χ2v) is 8.08. The Kier molecular flexibility index (Phi) is 5.73. The van der Waals surface area contributed by atoms with Gasteiger partial charge in [0.1, 0.15) is 6.61 Å². The maximum atomic E-state index is 12.2. The van der Waals surface area contributed by atoms with Crippen LogP contribution in [-0.2, 0) is 4.74 Å². The zero-order chi connectivity index (χ0) is 21.9. The van der Waals surface area contributed by atoms with E-state index in [9.17, 15) is 4.79 Å². The summed E-state index contributed by atoms with van der Waals surface area (Å²) in [5.74, 6) is 1.40. The number of rotatable bonds is 6. The first-order valence-corrected chi connectivity index (χ1v) is 10.9. The fourth-order valence-electron chi connectivity index (χ4n) is 4.18. The summed E-state index contributed by atoms with van der Waals surface area (Å²) < 4.78 is 16.2. The summed E-state index contributed by atoms with van der Waals surface area (Å²) in [6.07, 6.45) is 4.09. The summed E-state index contributed by atoms with van der Waals surface area (Å²) >= 11 is 6.27. The van der Waals surface area contributed by atoms with Gasteiger partial charge in [-0.25, -0.2) is 4.79 Å². The van der Waals surface area contributed by atoms with E-state index in [1.165, 1.54) is 22.3 Å². The van der Waals surface area contributed by atoms with Crippen molar-refractivity contribution in [2.75, 3.05) is 19.9 Å². The third-order valence-electron chi connectivity index (χ3n) is 5.71. The molecule has 0 fully saturated rings. The van der Waals surface area contributed by atoms with E-state index in [0.29, 0.717) is 36.1 Å². The molecule has 0 radical (unpaired) electrons. The Hall–Kier alpha value is -3.44. The number of amides is 1. The number of carbonyl (C=O) groups excluding carboxylic acids is 1. The average molecular weight is 448 g/mol. The minimum Gasteiger partial charge on any atom is -0.454 e. The Bertz CT molecular complexity index is 1140. The number of ether oxygens (including phenoxy) is 3. The van der Waals surface area contributed by atoms with Crippen molar-refractivity contribution < 1.29 is 19.0 Å². The van der Waals surface area contributed by atoms with Crippen molar-refractivity contribution in [3.05, 3.63) is 88.5 Å². The number of nitrogens with one attached hydrogen (secondary N) is 1. The highest BCUT2D eigenvalue weighted by molar-refractivity contribution is 6.32. The second-order valence-electron chi connectivity index (χ2n) is 7.67. The molecule has 1 amide bonds. The second kappa shape index (κ2) is 8.97. The van der Waals surface area contributed by atoms with E-state index in [1.54, 1.807) is 6.07 Å². The zero-order valence-corrected chi connectivity index (χ0v) is 18.1. The van der Waals surface area contributed by atoms with Crippen molar-refractivity contribution in [1.29, 1.82) is 0 Å². The van der Waals surface area contributed by atoms with Gasteiger partial charge in [-0.1, -0.05) is 72.3 Å². The third-order valence-corrected chi connectivity index (χ3v) is 6.04. The number of fused-ring (bicyclic) bond motifs is 4. The average Bonchev–Trinajstić information content (AvgIpc) is 3.39. The Morgan fingerprint density at radius 1 is 1.03 bits per heavy atom. The van der Waals surface area contributed by atoms with Crippen molar-refractivity contribution in [2.45, 2.75) is 12.3 Å². The first-order chi connectivity index (χ1) is 15.7. The van der Waals surface area contributed by atoms with Gasteiger partial charge in [0.15, 0.2) is 11.5 Å². The van der Waals surface area contributed by atoms with Crippen molar-refractivity contribution in [3.63, 3.8) is 0 Å². The number of carbonyl (C=O) groups is 1. The van der Waals surface area contributed by atoms with E-state index in [-0.39, 0.29) is 12.7 Å². The first-order valence-electron chi connectivity index (χ1n) is 10.6. The molecule has 5 rings (SSSR count).